The molecule has 6 unspecified atom stereocenters. The number of carbonyl (C=O) groups is 1. The van der Waals surface area contributed by atoms with Gasteiger partial charge in [0.1, 0.15) is 30.5 Å². The zero-order valence-corrected chi connectivity index (χ0v) is 36.7. The predicted molar refractivity (Wildman–Crippen MR) is 229 cm³/mol. The first kappa shape index (κ1) is 53.2. The Labute approximate surface area is 344 Å². The lowest BCUT2D eigenvalue weighted by atomic mass is 9.99. The molecule has 0 radical (unpaired) electrons. The summed E-state index contributed by atoms with van der Waals surface area (Å²) in [5.74, 6) is -0.308. The molecule has 1 fully saturated rings. The lowest BCUT2D eigenvalue weighted by Gasteiger charge is -2.39. The highest BCUT2D eigenvalue weighted by atomic mass is 16.7. The van der Waals surface area contributed by atoms with Crippen LogP contribution in [-0.2, 0) is 23.7 Å². The van der Waals surface area contributed by atoms with E-state index in [1.807, 2.05) is 0 Å². The van der Waals surface area contributed by atoms with E-state index in [2.05, 4.69) is 13.8 Å². The van der Waals surface area contributed by atoms with Gasteiger partial charge in [-0.2, -0.15) is 0 Å². The maximum Gasteiger partial charge on any atom is 0.306 e. The number of aliphatic hydroxyl groups excluding tert-OH is 4. The summed E-state index contributed by atoms with van der Waals surface area (Å²) in [4.78, 5) is 12.8. The Hall–Kier alpha value is -0.810. The van der Waals surface area contributed by atoms with Crippen LogP contribution in [0.5, 0.6) is 0 Å². The van der Waals surface area contributed by atoms with Crippen LogP contribution in [0.25, 0.3) is 0 Å². The summed E-state index contributed by atoms with van der Waals surface area (Å²) < 4.78 is 22.9. The van der Waals surface area contributed by atoms with E-state index >= 15 is 0 Å². The number of unbranched alkanes of at least 4 members (excludes halogenated alkanes) is 31. The second-order valence-electron chi connectivity index (χ2n) is 16.9. The highest BCUT2D eigenvalue weighted by Gasteiger charge is 2.44. The molecule has 1 aliphatic rings. The largest absolute Gasteiger partial charge is 0.457 e. The molecule has 0 spiro atoms. The summed E-state index contributed by atoms with van der Waals surface area (Å²) in [5, 5.41) is 40.1. The van der Waals surface area contributed by atoms with E-state index in [9.17, 15) is 25.2 Å². The van der Waals surface area contributed by atoms with Gasteiger partial charge in [0.05, 0.1) is 19.8 Å². The van der Waals surface area contributed by atoms with Crippen LogP contribution < -0.4 is 0 Å². The summed E-state index contributed by atoms with van der Waals surface area (Å²) >= 11 is 0. The fourth-order valence-corrected chi connectivity index (χ4v) is 7.73. The van der Waals surface area contributed by atoms with Crippen molar-refractivity contribution in [1.82, 2.24) is 0 Å². The van der Waals surface area contributed by atoms with E-state index in [-0.39, 0.29) is 19.2 Å². The van der Waals surface area contributed by atoms with Crippen LogP contribution in [0.3, 0.4) is 0 Å². The van der Waals surface area contributed by atoms with Crippen LogP contribution in [0.15, 0.2) is 0 Å². The Kier molecular flexibility index (Phi) is 37.7. The summed E-state index contributed by atoms with van der Waals surface area (Å²) in [5.41, 5.74) is 0. The van der Waals surface area contributed by atoms with Gasteiger partial charge in [-0.25, -0.2) is 0 Å². The third kappa shape index (κ3) is 30.3. The van der Waals surface area contributed by atoms with Gasteiger partial charge in [-0.05, 0) is 12.8 Å². The maximum atomic E-state index is 12.8. The normalized spacial score (nSPS) is 20.4. The van der Waals surface area contributed by atoms with Crippen molar-refractivity contribution in [2.24, 2.45) is 0 Å². The number of carbonyl (C=O) groups excluding carboxylic acids is 1. The van der Waals surface area contributed by atoms with Crippen molar-refractivity contribution in [2.45, 2.75) is 269 Å². The molecule has 0 saturated carbocycles. The maximum absolute atomic E-state index is 12.8. The van der Waals surface area contributed by atoms with Crippen LogP contribution >= 0.6 is 0 Å². The fraction of sp³-hybridized carbons (Fsp3) is 0.979. The van der Waals surface area contributed by atoms with E-state index in [0.717, 1.165) is 32.1 Å². The molecule has 0 aliphatic carbocycles. The number of ether oxygens (including phenoxy) is 4. The molecule has 6 atom stereocenters. The van der Waals surface area contributed by atoms with Crippen LogP contribution in [0.2, 0.25) is 0 Å². The van der Waals surface area contributed by atoms with Crippen LogP contribution in [0, 0.1) is 0 Å². The molecule has 9 heteroatoms. The first-order valence-electron chi connectivity index (χ1n) is 24.1. The number of hydrogen-bond acceptors (Lipinski definition) is 9. The first-order chi connectivity index (χ1) is 27.4. The Bertz CT molecular complexity index is 827. The number of aliphatic hydroxyl groups is 4. The Morgan fingerprint density at radius 2 is 0.875 bits per heavy atom. The first-order valence-corrected chi connectivity index (χ1v) is 24.1. The molecule has 1 aliphatic heterocycles. The topological polar surface area (TPSA) is 135 Å². The standard InChI is InChI=1S/C47H92O9/c1-3-5-7-9-11-13-15-17-18-19-20-21-22-23-25-27-29-31-33-35-37-53-39-41(40-54-47-46(52)45(51)44(50)42(38-48)56-47)55-43(49)36-34-32-30-28-26-24-16-14-12-10-8-6-4-2/h41-42,44-48,50-52H,3-40H2,1-2H3. The van der Waals surface area contributed by atoms with Gasteiger partial charge in [0.15, 0.2) is 6.29 Å². The van der Waals surface area contributed by atoms with E-state index in [1.165, 1.54) is 180 Å². The van der Waals surface area contributed by atoms with Crippen LogP contribution in [-0.4, -0.2) is 89.6 Å². The van der Waals surface area contributed by atoms with Gasteiger partial charge >= 0.3 is 5.97 Å². The summed E-state index contributed by atoms with van der Waals surface area (Å²) in [6.45, 7) is 4.61. The molecule has 4 N–H and O–H groups in total. The third-order valence-corrected chi connectivity index (χ3v) is 11.5. The molecule has 1 rings (SSSR count). The van der Waals surface area contributed by atoms with Crippen molar-refractivity contribution >= 4 is 5.97 Å². The molecule has 0 aromatic carbocycles. The van der Waals surface area contributed by atoms with Crippen molar-refractivity contribution in [2.75, 3.05) is 26.4 Å². The lowest BCUT2D eigenvalue weighted by Crippen LogP contribution is -2.59. The zero-order chi connectivity index (χ0) is 40.7. The van der Waals surface area contributed by atoms with Gasteiger partial charge in [-0.3, -0.25) is 4.79 Å². The number of hydrogen-bond donors (Lipinski definition) is 4. The molecule has 0 aromatic heterocycles. The van der Waals surface area contributed by atoms with Crippen LogP contribution in [0.1, 0.15) is 232 Å². The number of esters is 1. The average molecular weight is 801 g/mol. The van der Waals surface area contributed by atoms with E-state index in [4.69, 9.17) is 18.9 Å². The van der Waals surface area contributed by atoms with Crippen molar-refractivity contribution in [3.05, 3.63) is 0 Å². The molecule has 0 aromatic rings. The molecular weight excluding hydrogens is 709 g/mol. The van der Waals surface area contributed by atoms with E-state index in [1.54, 1.807) is 0 Å². The third-order valence-electron chi connectivity index (χ3n) is 11.5. The SMILES string of the molecule is CCCCCCCCCCCCCCCCCCCCCCOCC(COC1OC(CO)C(O)C(O)C1O)OC(=O)CCCCCCCCCCCCCCC. The second-order valence-corrected chi connectivity index (χ2v) is 16.9. The predicted octanol–water partition coefficient (Wildman–Crippen LogP) is 11.0. The highest BCUT2D eigenvalue weighted by Crippen LogP contribution is 2.23. The summed E-state index contributed by atoms with van der Waals surface area (Å²) in [6, 6.07) is 0. The molecule has 0 bridgehead atoms. The molecule has 334 valence electrons. The van der Waals surface area contributed by atoms with Gasteiger partial charge in [0.25, 0.3) is 0 Å². The number of rotatable bonds is 42. The van der Waals surface area contributed by atoms with Gasteiger partial charge in [-0.1, -0.05) is 213 Å². The van der Waals surface area contributed by atoms with Gasteiger partial charge in [-0.15, -0.1) is 0 Å². The van der Waals surface area contributed by atoms with Crippen molar-refractivity contribution in [1.29, 1.82) is 0 Å². The minimum Gasteiger partial charge on any atom is -0.457 e. The molecular formula is C47H92O9. The smallest absolute Gasteiger partial charge is 0.306 e. The fourth-order valence-electron chi connectivity index (χ4n) is 7.73. The lowest BCUT2D eigenvalue weighted by molar-refractivity contribution is -0.305. The van der Waals surface area contributed by atoms with Crippen molar-refractivity contribution in [3.63, 3.8) is 0 Å². The second kappa shape index (κ2) is 39.6. The quantitative estimate of drug-likeness (QED) is 0.0351. The molecule has 1 saturated heterocycles. The Balaban J connectivity index is 2.19. The van der Waals surface area contributed by atoms with Gasteiger partial charge in [0.2, 0.25) is 0 Å². The summed E-state index contributed by atoms with van der Waals surface area (Å²) in [6.07, 6.45) is 35.6. The summed E-state index contributed by atoms with van der Waals surface area (Å²) in [7, 11) is 0. The molecule has 9 nitrogen and oxygen atoms in total. The monoisotopic (exact) mass is 801 g/mol. The highest BCUT2D eigenvalue weighted by molar-refractivity contribution is 5.69. The van der Waals surface area contributed by atoms with Crippen LogP contribution in [0.4, 0.5) is 0 Å². The molecule has 1 heterocycles. The van der Waals surface area contributed by atoms with Crippen molar-refractivity contribution < 1.29 is 44.2 Å². The van der Waals surface area contributed by atoms with Gasteiger partial charge in [0, 0.05) is 13.0 Å². The Morgan fingerprint density at radius 1 is 0.500 bits per heavy atom. The Morgan fingerprint density at radius 3 is 1.27 bits per heavy atom. The van der Waals surface area contributed by atoms with E-state index < -0.39 is 43.4 Å². The van der Waals surface area contributed by atoms with E-state index in [0.29, 0.717) is 13.0 Å². The minimum atomic E-state index is -1.53. The van der Waals surface area contributed by atoms with Gasteiger partial charge < -0.3 is 39.4 Å². The molecule has 56 heavy (non-hydrogen) atoms. The van der Waals surface area contributed by atoms with Crippen molar-refractivity contribution in [3.8, 4) is 0 Å². The molecule has 0 amide bonds. The minimum absolute atomic E-state index is 0.105. The zero-order valence-electron chi connectivity index (χ0n) is 36.7. The average Bonchev–Trinajstić information content (AvgIpc) is 3.20.